The molecule has 5 nitrogen and oxygen atoms in total. The fourth-order valence-electron chi connectivity index (χ4n) is 4.74. The molecule has 2 heterocycles. The van der Waals surface area contributed by atoms with Gasteiger partial charge in [-0.1, -0.05) is 0 Å². The number of piperidine rings is 1. The molecule has 0 aromatic rings. The van der Waals surface area contributed by atoms with Crippen LogP contribution in [0.4, 0.5) is 13.2 Å². The number of carbonyl (C=O) groups is 1. The van der Waals surface area contributed by atoms with Crippen molar-refractivity contribution in [1.29, 1.82) is 0 Å². The van der Waals surface area contributed by atoms with Crippen LogP contribution < -0.4 is 10.6 Å². The number of nitrogens with zero attached hydrogens (tertiary/aromatic N) is 2. The van der Waals surface area contributed by atoms with Gasteiger partial charge in [-0.05, 0) is 51.4 Å². The van der Waals surface area contributed by atoms with Crippen molar-refractivity contribution < 1.29 is 18.0 Å². The first-order valence-corrected chi connectivity index (χ1v) is 10.2. The molecule has 27 heavy (non-hydrogen) atoms. The van der Waals surface area contributed by atoms with Gasteiger partial charge in [0.2, 0.25) is 5.91 Å². The number of nitrogens with one attached hydrogen (secondary N) is 2. The lowest BCUT2D eigenvalue weighted by atomic mass is 9.79. The number of aliphatic imine (C=N–C) groups is 1. The molecule has 1 saturated carbocycles. The monoisotopic (exact) mass is 388 g/mol. The third kappa shape index (κ3) is 5.08. The van der Waals surface area contributed by atoms with Gasteiger partial charge in [0.25, 0.3) is 0 Å². The normalized spacial score (nSPS) is 32.7. The maximum absolute atomic E-state index is 12.8. The molecule has 0 bridgehead atoms. The van der Waals surface area contributed by atoms with Crippen LogP contribution in [0.1, 0.15) is 51.9 Å². The van der Waals surface area contributed by atoms with Crippen LogP contribution in [0.5, 0.6) is 0 Å². The number of rotatable bonds is 3. The highest BCUT2D eigenvalue weighted by Gasteiger charge is 2.43. The van der Waals surface area contributed by atoms with Gasteiger partial charge in [-0.3, -0.25) is 9.79 Å². The lowest BCUT2D eigenvalue weighted by Gasteiger charge is -2.41. The van der Waals surface area contributed by atoms with E-state index in [2.05, 4.69) is 15.5 Å². The first-order chi connectivity index (χ1) is 12.8. The summed E-state index contributed by atoms with van der Waals surface area (Å²) in [5.41, 5.74) is -0.00368. The largest absolute Gasteiger partial charge is 0.391 e. The second-order valence-corrected chi connectivity index (χ2v) is 8.43. The molecule has 2 N–H and O–H groups in total. The van der Waals surface area contributed by atoms with Gasteiger partial charge >= 0.3 is 6.18 Å². The van der Waals surface area contributed by atoms with Gasteiger partial charge in [0.05, 0.1) is 5.92 Å². The summed E-state index contributed by atoms with van der Waals surface area (Å²) in [5.74, 6) is 0.0557. The van der Waals surface area contributed by atoms with E-state index >= 15 is 0 Å². The molecule has 1 atom stereocenters. The van der Waals surface area contributed by atoms with E-state index in [1.165, 1.54) is 0 Å². The first-order valence-electron chi connectivity index (χ1n) is 10.2. The van der Waals surface area contributed by atoms with Gasteiger partial charge in [0.15, 0.2) is 5.96 Å². The number of alkyl halides is 3. The van der Waals surface area contributed by atoms with Crippen molar-refractivity contribution in [3.8, 4) is 0 Å². The Labute approximate surface area is 159 Å². The third-order valence-corrected chi connectivity index (χ3v) is 6.30. The summed E-state index contributed by atoms with van der Waals surface area (Å²) in [6.45, 7) is 5.78. The van der Waals surface area contributed by atoms with E-state index in [1.807, 2.05) is 6.92 Å². The molecular weight excluding hydrogens is 357 g/mol. The Morgan fingerprint density at radius 2 is 2.07 bits per heavy atom. The van der Waals surface area contributed by atoms with Crippen LogP contribution in [-0.2, 0) is 4.79 Å². The SMILES string of the molecule is CCNC(=NCC1CCC(C(F)(F)F)CC1)N1CCCC2(CNC(=O)C2)C1. The van der Waals surface area contributed by atoms with Gasteiger partial charge in [0.1, 0.15) is 0 Å². The van der Waals surface area contributed by atoms with Crippen molar-refractivity contribution in [1.82, 2.24) is 15.5 Å². The summed E-state index contributed by atoms with van der Waals surface area (Å²) in [4.78, 5) is 18.7. The van der Waals surface area contributed by atoms with Crippen molar-refractivity contribution in [2.75, 3.05) is 32.7 Å². The van der Waals surface area contributed by atoms with Gasteiger partial charge in [-0.15, -0.1) is 0 Å². The number of guanidine groups is 1. The average molecular weight is 388 g/mol. The summed E-state index contributed by atoms with van der Waals surface area (Å²) < 4.78 is 38.5. The maximum Gasteiger partial charge on any atom is 0.391 e. The van der Waals surface area contributed by atoms with Crippen LogP contribution in [0.3, 0.4) is 0 Å². The molecule has 2 saturated heterocycles. The van der Waals surface area contributed by atoms with Crippen LogP contribution >= 0.6 is 0 Å². The summed E-state index contributed by atoms with van der Waals surface area (Å²) in [6.07, 6.45) is 0.216. The molecule has 8 heteroatoms. The van der Waals surface area contributed by atoms with E-state index in [0.717, 1.165) is 45.0 Å². The zero-order chi connectivity index (χ0) is 19.5. The van der Waals surface area contributed by atoms with Crippen LogP contribution in [-0.4, -0.2) is 55.7 Å². The van der Waals surface area contributed by atoms with E-state index < -0.39 is 12.1 Å². The topological polar surface area (TPSA) is 56.7 Å². The molecule has 3 rings (SSSR count). The van der Waals surface area contributed by atoms with Gasteiger partial charge in [-0.2, -0.15) is 13.2 Å². The number of hydrogen-bond donors (Lipinski definition) is 2. The molecule has 0 radical (unpaired) electrons. The highest BCUT2D eigenvalue weighted by atomic mass is 19.4. The molecule has 0 aromatic carbocycles. The first kappa shape index (κ1) is 20.3. The minimum absolute atomic E-state index is 0.00368. The number of hydrogen-bond acceptors (Lipinski definition) is 2. The summed E-state index contributed by atoms with van der Waals surface area (Å²) in [6, 6.07) is 0. The van der Waals surface area contributed by atoms with Crippen molar-refractivity contribution in [2.45, 2.75) is 58.0 Å². The zero-order valence-electron chi connectivity index (χ0n) is 16.1. The average Bonchev–Trinajstić information content (AvgIpc) is 2.98. The molecule has 1 unspecified atom stereocenters. The second kappa shape index (κ2) is 8.27. The number of halogens is 3. The van der Waals surface area contributed by atoms with Gasteiger partial charge in [-0.25, -0.2) is 0 Å². The highest BCUT2D eigenvalue weighted by Crippen LogP contribution is 2.40. The van der Waals surface area contributed by atoms with E-state index in [0.29, 0.717) is 25.8 Å². The zero-order valence-corrected chi connectivity index (χ0v) is 16.1. The highest BCUT2D eigenvalue weighted by molar-refractivity contribution is 5.81. The molecule has 154 valence electrons. The van der Waals surface area contributed by atoms with E-state index in [9.17, 15) is 18.0 Å². The van der Waals surface area contributed by atoms with Crippen LogP contribution in [0.15, 0.2) is 4.99 Å². The fourth-order valence-corrected chi connectivity index (χ4v) is 4.74. The Hall–Kier alpha value is -1.47. The third-order valence-electron chi connectivity index (χ3n) is 6.30. The molecule has 1 amide bonds. The van der Waals surface area contributed by atoms with Crippen LogP contribution in [0.25, 0.3) is 0 Å². The molecular formula is C19H31F3N4O. The lowest BCUT2D eigenvalue weighted by Crippen LogP contribution is -2.51. The number of likely N-dealkylation sites (tertiary alicyclic amines) is 1. The predicted octanol–water partition coefficient (Wildman–Crippen LogP) is 2.92. The fraction of sp³-hybridized carbons (Fsp3) is 0.895. The maximum atomic E-state index is 12.8. The van der Waals surface area contributed by atoms with E-state index in [-0.39, 0.29) is 30.1 Å². The second-order valence-electron chi connectivity index (χ2n) is 8.43. The van der Waals surface area contributed by atoms with Crippen LogP contribution in [0.2, 0.25) is 0 Å². The van der Waals surface area contributed by atoms with Crippen molar-refractivity contribution in [3.05, 3.63) is 0 Å². The Morgan fingerprint density at radius 3 is 2.67 bits per heavy atom. The van der Waals surface area contributed by atoms with Crippen LogP contribution in [0, 0.1) is 17.3 Å². The van der Waals surface area contributed by atoms with Crippen molar-refractivity contribution >= 4 is 11.9 Å². The summed E-state index contributed by atoms with van der Waals surface area (Å²) in [5, 5.41) is 6.29. The van der Waals surface area contributed by atoms with E-state index in [1.54, 1.807) is 0 Å². The Morgan fingerprint density at radius 1 is 1.33 bits per heavy atom. The summed E-state index contributed by atoms with van der Waals surface area (Å²) >= 11 is 0. The molecule has 2 aliphatic heterocycles. The minimum Gasteiger partial charge on any atom is -0.357 e. The Balaban J connectivity index is 1.58. The quantitative estimate of drug-likeness (QED) is 0.577. The summed E-state index contributed by atoms with van der Waals surface area (Å²) in [7, 11) is 0. The minimum atomic E-state index is -4.06. The van der Waals surface area contributed by atoms with Gasteiger partial charge < -0.3 is 15.5 Å². The number of carbonyl (C=O) groups excluding carboxylic acids is 1. The Bertz CT molecular complexity index is 558. The molecule has 3 aliphatic rings. The van der Waals surface area contributed by atoms with Crippen molar-refractivity contribution in [3.63, 3.8) is 0 Å². The smallest absolute Gasteiger partial charge is 0.357 e. The van der Waals surface area contributed by atoms with Crippen molar-refractivity contribution in [2.24, 2.45) is 22.2 Å². The van der Waals surface area contributed by atoms with Gasteiger partial charge in [0, 0.05) is 44.6 Å². The van der Waals surface area contributed by atoms with E-state index in [4.69, 9.17) is 4.99 Å². The Kier molecular flexibility index (Phi) is 6.21. The lowest BCUT2D eigenvalue weighted by molar-refractivity contribution is -0.183. The number of amides is 1. The standard InChI is InChI=1S/C19H31F3N4O/c1-2-23-17(24-11-14-4-6-15(7-5-14)19(20,21)22)26-9-3-8-18(13-26)10-16(27)25-12-18/h14-15H,2-13H2,1H3,(H,23,24)(H,25,27). The molecule has 1 spiro atoms. The molecule has 3 fully saturated rings. The molecule has 0 aromatic heterocycles. The predicted molar refractivity (Wildman–Crippen MR) is 98.3 cm³/mol. The molecule has 1 aliphatic carbocycles.